The van der Waals surface area contributed by atoms with E-state index in [4.69, 9.17) is 9.47 Å². The molecule has 0 aromatic rings. The predicted octanol–water partition coefficient (Wildman–Crippen LogP) is 1.71. The predicted molar refractivity (Wildman–Crippen MR) is 64.9 cm³/mol. The fourth-order valence-corrected chi connectivity index (χ4v) is 2.83. The summed E-state index contributed by atoms with van der Waals surface area (Å²) in [7, 11) is 1.41. The van der Waals surface area contributed by atoms with Gasteiger partial charge in [-0.25, -0.2) is 4.79 Å². The summed E-state index contributed by atoms with van der Waals surface area (Å²) >= 11 is 0. The Hall–Kier alpha value is -1.26. The van der Waals surface area contributed by atoms with Crippen LogP contribution in [0.15, 0.2) is 0 Å². The number of hydrogen-bond donors (Lipinski definition) is 1. The quantitative estimate of drug-likeness (QED) is 0.763. The number of alkyl carbamates (subject to hydrolysis) is 1. The molecule has 0 aromatic heterocycles. The van der Waals surface area contributed by atoms with Gasteiger partial charge in [0.15, 0.2) is 0 Å². The number of esters is 1. The molecule has 0 unspecified atom stereocenters. The smallest absolute Gasteiger partial charge is 0.407 e. The lowest BCUT2D eigenvalue weighted by Crippen LogP contribution is -2.39. The highest BCUT2D eigenvalue weighted by atomic mass is 16.6. The van der Waals surface area contributed by atoms with Gasteiger partial charge in [-0.3, -0.25) is 4.79 Å². The standard InChI is InChI=1S/C13H21NO4/c1-13(2,3)18-12(16)14-10-6-9(11(15)17-4)7-5-8(7)10/h7-10H,5-6H2,1-4H3,(H,14,16)/t7-,8+,9-,10-/m1/s1. The zero-order chi connectivity index (χ0) is 13.5. The molecule has 18 heavy (non-hydrogen) atoms. The van der Waals surface area contributed by atoms with Crippen molar-refractivity contribution in [2.75, 3.05) is 7.11 Å². The Balaban J connectivity index is 1.86. The molecular weight excluding hydrogens is 234 g/mol. The van der Waals surface area contributed by atoms with Crippen LogP contribution in [0.1, 0.15) is 33.6 Å². The van der Waals surface area contributed by atoms with Gasteiger partial charge in [0.2, 0.25) is 0 Å². The van der Waals surface area contributed by atoms with E-state index in [0.717, 1.165) is 6.42 Å². The first kappa shape index (κ1) is 13.2. The molecule has 0 saturated heterocycles. The van der Waals surface area contributed by atoms with Gasteiger partial charge in [-0.15, -0.1) is 0 Å². The van der Waals surface area contributed by atoms with Crippen LogP contribution in [-0.2, 0) is 14.3 Å². The molecule has 2 saturated carbocycles. The van der Waals surface area contributed by atoms with Gasteiger partial charge in [-0.1, -0.05) is 0 Å². The third-order valence-electron chi connectivity index (χ3n) is 3.64. The average molecular weight is 255 g/mol. The van der Waals surface area contributed by atoms with Crippen LogP contribution >= 0.6 is 0 Å². The molecule has 1 amide bonds. The lowest BCUT2D eigenvalue weighted by Gasteiger charge is -2.22. The highest BCUT2D eigenvalue weighted by Gasteiger charge is 2.57. The maximum Gasteiger partial charge on any atom is 0.407 e. The third-order valence-corrected chi connectivity index (χ3v) is 3.64. The summed E-state index contributed by atoms with van der Waals surface area (Å²) in [6.07, 6.45) is 1.27. The molecule has 5 nitrogen and oxygen atoms in total. The first-order valence-corrected chi connectivity index (χ1v) is 6.39. The topological polar surface area (TPSA) is 64.6 Å². The van der Waals surface area contributed by atoms with Gasteiger partial charge < -0.3 is 14.8 Å². The van der Waals surface area contributed by atoms with E-state index in [0.29, 0.717) is 18.3 Å². The Morgan fingerprint density at radius 1 is 1.17 bits per heavy atom. The van der Waals surface area contributed by atoms with Crippen molar-refractivity contribution in [3.8, 4) is 0 Å². The Morgan fingerprint density at radius 2 is 1.83 bits per heavy atom. The second-order valence-electron chi connectivity index (χ2n) is 6.18. The molecule has 5 heteroatoms. The van der Waals surface area contributed by atoms with E-state index < -0.39 is 11.7 Å². The molecule has 2 fully saturated rings. The SMILES string of the molecule is COC(=O)[C@@H]1C[C@@H](NC(=O)OC(C)(C)C)[C@H]2C[C@H]21. The van der Waals surface area contributed by atoms with Gasteiger partial charge in [0.1, 0.15) is 5.60 Å². The first-order valence-electron chi connectivity index (χ1n) is 6.39. The van der Waals surface area contributed by atoms with Crippen molar-refractivity contribution in [1.82, 2.24) is 5.32 Å². The molecule has 0 bridgehead atoms. The van der Waals surface area contributed by atoms with Crippen molar-refractivity contribution in [3.05, 3.63) is 0 Å². The van der Waals surface area contributed by atoms with Crippen molar-refractivity contribution in [1.29, 1.82) is 0 Å². The van der Waals surface area contributed by atoms with Crippen LogP contribution in [-0.4, -0.2) is 30.8 Å². The van der Waals surface area contributed by atoms with Gasteiger partial charge in [-0.2, -0.15) is 0 Å². The van der Waals surface area contributed by atoms with Crippen LogP contribution in [0.5, 0.6) is 0 Å². The van der Waals surface area contributed by atoms with E-state index in [9.17, 15) is 9.59 Å². The van der Waals surface area contributed by atoms with Crippen LogP contribution in [0.4, 0.5) is 4.79 Å². The zero-order valence-corrected chi connectivity index (χ0v) is 11.4. The third kappa shape index (κ3) is 2.76. The average Bonchev–Trinajstić information content (AvgIpc) is 2.94. The second-order valence-corrected chi connectivity index (χ2v) is 6.18. The Bertz CT molecular complexity index is 360. The number of hydrogen-bond acceptors (Lipinski definition) is 4. The molecule has 0 heterocycles. The minimum Gasteiger partial charge on any atom is -0.469 e. The van der Waals surface area contributed by atoms with Crippen molar-refractivity contribution in [2.45, 2.75) is 45.3 Å². The van der Waals surface area contributed by atoms with Crippen LogP contribution < -0.4 is 5.32 Å². The molecule has 2 aliphatic carbocycles. The number of fused-ring (bicyclic) bond motifs is 1. The van der Waals surface area contributed by atoms with Gasteiger partial charge in [0.05, 0.1) is 13.0 Å². The minimum atomic E-state index is -0.493. The Morgan fingerprint density at radius 3 is 2.39 bits per heavy atom. The Kier molecular flexibility index (Phi) is 3.25. The summed E-state index contributed by atoms with van der Waals surface area (Å²) in [4.78, 5) is 23.2. The fraction of sp³-hybridized carbons (Fsp3) is 0.846. The van der Waals surface area contributed by atoms with Crippen LogP contribution in [0.25, 0.3) is 0 Å². The molecule has 2 aliphatic rings. The lowest BCUT2D eigenvalue weighted by molar-refractivity contribution is -0.146. The fourth-order valence-electron chi connectivity index (χ4n) is 2.83. The normalized spacial score (nSPS) is 33.6. The zero-order valence-electron chi connectivity index (χ0n) is 11.4. The van der Waals surface area contributed by atoms with Crippen LogP contribution in [0.2, 0.25) is 0 Å². The van der Waals surface area contributed by atoms with Crippen molar-refractivity contribution < 1.29 is 19.1 Å². The molecule has 0 aromatic carbocycles. The van der Waals surface area contributed by atoms with Crippen LogP contribution in [0, 0.1) is 17.8 Å². The van der Waals surface area contributed by atoms with Gasteiger partial charge in [0.25, 0.3) is 0 Å². The van der Waals surface area contributed by atoms with Crippen molar-refractivity contribution in [3.63, 3.8) is 0 Å². The highest BCUT2D eigenvalue weighted by molar-refractivity contribution is 5.75. The van der Waals surface area contributed by atoms with Gasteiger partial charge in [-0.05, 0) is 45.4 Å². The molecule has 1 N–H and O–H groups in total. The van der Waals surface area contributed by atoms with E-state index >= 15 is 0 Å². The Labute approximate surface area is 107 Å². The molecule has 0 aliphatic heterocycles. The van der Waals surface area contributed by atoms with Gasteiger partial charge in [0, 0.05) is 6.04 Å². The first-order chi connectivity index (χ1) is 8.31. The maximum absolute atomic E-state index is 11.7. The van der Waals surface area contributed by atoms with Gasteiger partial charge >= 0.3 is 12.1 Å². The number of methoxy groups -OCH3 is 1. The molecule has 2 rings (SSSR count). The summed E-state index contributed by atoms with van der Waals surface area (Å²) in [5.41, 5.74) is -0.493. The number of rotatable bonds is 2. The van der Waals surface area contributed by atoms with E-state index in [1.807, 2.05) is 20.8 Å². The molecular formula is C13H21NO4. The van der Waals surface area contributed by atoms with E-state index in [1.54, 1.807) is 0 Å². The molecule has 0 spiro atoms. The molecule has 0 radical (unpaired) electrons. The number of carbonyl (C=O) groups is 2. The van der Waals surface area contributed by atoms with E-state index in [1.165, 1.54) is 7.11 Å². The largest absolute Gasteiger partial charge is 0.469 e. The maximum atomic E-state index is 11.7. The molecule has 4 atom stereocenters. The number of nitrogens with one attached hydrogen (secondary N) is 1. The summed E-state index contributed by atoms with van der Waals surface area (Å²) in [6.45, 7) is 5.50. The summed E-state index contributed by atoms with van der Waals surface area (Å²) < 4.78 is 10.0. The van der Waals surface area contributed by atoms with Crippen molar-refractivity contribution >= 4 is 12.1 Å². The lowest BCUT2D eigenvalue weighted by atomic mass is 10.0. The summed E-state index contributed by atoms with van der Waals surface area (Å²) in [6, 6.07) is 0.0500. The number of carbonyl (C=O) groups excluding carboxylic acids is 2. The van der Waals surface area contributed by atoms with E-state index in [2.05, 4.69) is 5.32 Å². The minimum absolute atomic E-state index is 0.0500. The van der Waals surface area contributed by atoms with Crippen LogP contribution in [0.3, 0.4) is 0 Å². The highest BCUT2D eigenvalue weighted by Crippen LogP contribution is 2.55. The summed E-state index contributed by atoms with van der Waals surface area (Å²) in [5, 5.41) is 2.87. The van der Waals surface area contributed by atoms with E-state index in [-0.39, 0.29) is 17.9 Å². The monoisotopic (exact) mass is 255 g/mol. The number of amides is 1. The summed E-state index contributed by atoms with van der Waals surface area (Å²) in [5.74, 6) is 0.593. The molecule has 102 valence electrons. The second kappa shape index (κ2) is 4.44. The number of ether oxygens (including phenoxy) is 2. The van der Waals surface area contributed by atoms with Crippen molar-refractivity contribution in [2.24, 2.45) is 17.8 Å².